The van der Waals surface area contributed by atoms with E-state index in [0.29, 0.717) is 11.0 Å². The highest BCUT2D eigenvalue weighted by Gasteiger charge is 2.04. The van der Waals surface area contributed by atoms with Crippen LogP contribution < -0.4 is 16.4 Å². The molecule has 0 saturated heterocycles. The van der Waals surface area contributed by atoms with Crippen molar-refractivity contribution >= 4 is 29.3 Å². The maximum atomic E-state index is 10.7. The van der Waals surface area contributed by atoms with Gasteiger partial charge in [-0.1, -0.05) is 18.7 Å². The average molecular weight is 255 g/mol. The Morgan fingerprint density at radius 1 is 1.41 bits per heavy atom. The van der Waals surface area contributed by atoms with Crippen molar-refractivity contribution in [3.63, 3.8) is 0 Å². The number of nitrogens with two attached hydrogens (primary N) is 1. The predicted molar refractivity (Wildman–Crippen MR) is 70.3 cm³/mol. The molecular weight excluding hydrogens is 238 g/mol. The number of carbonyl (C=O) groups excluding carboxylic acids is 1. The molecule has 0 aliphatic rings. The van der Waals surface area contributed by atoms with E-state index in [9.17, 15) is 4.79 Å². The molecule has 0 fully saturated rings. The van der Waals surface area contributed by atoms with Crippen LogP contribution in [0, 0.1) is 0 Å². The van der Waals surface area contributed by atoms with E-state index in [4.69, 9.17) is 5.73 Å². The van der Waals surface area contributed by atoms with Crippen molar-refractivity contribution in [1.29, 1.82) is 0 Å². The molecule has 1 heterocycles. The fourth-order valence-corrected chi connectivity index (χ4v) is 1.51. The normalized spacial score (nSPS) is 10.0. The number of hydrogen-bond acceptors (Lipinski definition) is 6. The first-order valence-corrected chi connectivity index (χ1v) is 6.57. The summed E-state index contributed by atoms with van der Waals surface area (Å²) < 4.78 is 0. The summed E-state index contributed by atoms with van der Waals surface area (Å²) in [5.74, 6) is 0.928. The van der Waals surface area contributed by atoms with Gasteiger partial charge in [-0.2, -0.15) is 0 Å². The molecule has 0 aliphatic carbocycles. The second-order valence-electron chi connectivity index (χ2n) is 3.37. The van der Waals surface area contributed by atoms with E-state index in [1.807, 2.05) is 6.26 Å². The average Bonchev–Trinajstić information content (AvgIpc) is 2.33. The summed E-state index contributed by atoms with van der Waals surface area (Å²) in [6, 6.07) is 1.76. The third-order valence-corrected chi connectivity index (χ3v) is 2.44. The first-order chi connectivity index (χ1) is 8.15. The quantitative estimate of drug-likeness (QED) is 0.495. The maximum Gasteiger partial charge on any atom is 0.236 e. The number of aromatic nitrogens is 2. The SMILES string of the molecule is CCCNc1cc(NCC(N)=O)nc(SC)n1. The lowest BCUT2D eigenvalue weighted by atomic mass is 10.4. The van der Waals surface area contributed by atoms with Crippen molar-refractivity contribution in [1.82, 2.24) is 9.97 Å². The number of primary amides is 1. The smallest absolute Gasteiger partial charge is 0.236 e. The fourth-order valence-electron chi connectivity index (χ4n) is 1.13. The van der Waals surface area contributed by atoms with Crippen molar-refractivity contribution in [3.8, 4) is 0 Å². The molecule has 4 N–H and O–H groups in total. The Morgan fingerprint density at radius 3 is 2.59 bits per heavy atom. The molecule has 0 aromatic carbocycles. The molecule has 7 heteroatoms. The minimum atomic E-state index is -0.419. The number of thioether (sulfide) groups is 1. The van der Waals surface area contributed by atoms with Crippen LogP contribution in [0.25, 0.3) is 0 Å². The number of nitrogens with zero attached hydrogens (tertiary/aromatic N) is 2. The third kappa shape index (κ3) is 4.90. The van der Waals surface area contributed by atoms with Gasteiger partial charge in [0.2, 0.25) is 5.91 Å². The zero-order chi connectivity index (χ0) is 12.7. The fraction of sp³-hybridized carbons (Fsp3) is 0.500. The summed E-state index contributed by atoms with van der Waals surface area (Å²) in [4.78, 5) is 19.2. The Kier molecular flexibility index (Phi) is 5.55. The van der Waals surface area contributed by atoms with E-state index >= 15 is 0 Å². The molecule has 0 atom stereocenters. The van der Waals surface area contributed by atoms with Gasteiger partial charge in [0.15, 0.2) is 5.16 Å². The van der Waals surface area contributed by atoms with E-state index < -0.39 is 5.91 Å². The van der Waals surface area contributed by atoms with Gasteiger partial charge in [0.25, 0.3) is 0 Å². The summed E-state index contributed by atoms with van der Waals surface area (Å²) in [5, 5.41) is 6.68. The Hall–Kier alpha value is -1.50. The monoisotopic (exact) mass is 255 g/mol. The van der Waals surface area contributed by atoms with Crippen LogP contribution in [0.3, 0.4) is 0 Å². The van der Waals surface area contributed by atoms with Gasteiger partial charge >= 0.3 is 0 Å². The molecular formula is C10H17N5OS. The van der Waals surface area contributed by atoms with Crippen LogP contribution in [0.5, 0.6) is 0 Å². The number of anilines is 2. The van der Waals surface area contributed by atoms with Crippen molar-refractivity contribution < 1.29 is 4.79 Å². The lowest BCUT2D eigenvalue weighted by molar-refractivity contribution is -0.116. The van der Waals surface area contributed by atoms with E-state index in [2.05, 4.69) is 27.5 Å². The highest BCUT2D eigenvalue weighted by molar-refractivity contribution is 7.98. The molecule has 0 radical (unpaired) electrons. The minimum absolute atomic E-state index is 0.0675. The van der Waals surface area contributed by atoms with Crippen molar-refractivity contribution in [3.05, 3.63) is 6.07 Å². The summed E-state index contributed by atoms with van der Waals surface area (Å²) in [6.45, 7) is 2.99. The second kappa shape index (κ2) is 6.95. The second-order valence-corrected chi connectivity index (χ2v) is 4.15. The molecule has 0 unspecified atom stereocenters. The zero-order valence-corrected chi connectivity index (χ0v) is 10.8. The van der Waals surface area contributed by atoms with Gasteiger partial charge in [0.05, 0.1) is 6.54 Å². The first-order valence-electron chi connectivity index (χ1n) is 5.34. The number of nitrogens with one attached hydrogen (secondary N) is 2. The molecule has 1 aromatic heterocycles. The topological polar surface area (TPSA) is 92.9 Å². The van der Waals surface area contributed by atoms with Crippen LogP contribution in [0.15, 0.2) is 11.2 Å². The van der Waals surface area contributed by atoms with E-state index in [1.54, 1.807) is 6.07 Å². The lowest BCUT2D eigenvalue weighted by Gasteiger charge is -2.09. The van der Waals surface area contributed by atoms with E-state index in [1.165, 1.54) is 11.8 Å². The standard InChI is InChI=1S/C10H17N5OS/c1-3-4-12-8-5-9(13-6-7(11)16)15-10(14-8)17-2/h5H,3-4,6H2,1-2H3,(H2,11,16)(H2,12,13,14,15). The van der Waals surface area contributed by atoms with Gasteiger partial charge in [0.1, 0.15) is 11.6 Å². The molecule has 94 valence electrons. The highest BCUT2D eigenvalue weighted by atomic mass is 32.2. The van der Waals surface area contributed by atoms with Crippen molar-refractivity contribution in [2.75, 3.05) is 30.0 Å². The number of hydrogen-bond donors (Lipinski definition) is 3. The molecule has 17 heavy (non-hydrogen) atoms. The van der Waals surface area contributed by atoms with Gasteiger partial charge < -0.3 is 16.4 Å². The molecule has 6 nitrogen and oxygen atoms in total. The van der Waals surface area contributed by atoms with Gasteiger partial charge in [-0.25, -0.2) is 9.97 Å². The van der Waals surface area contributed by atoms with Crippen molar-refractivity contribution in [2.45, 2.75) is 18.5 Å². The molecule has 0 saturated carbocycles. The third-order valence-electron chi connectivity index (χ3n) is 1.89. The molecule has 1 amide bonds. The molecule has 1 aromatic rings. The zero-order valence-electron chi connectivity index (χ0n) is 9.99. The Bertz CT molecular complexity index is 385. The largest absolute Gasteiger partial charge is 0.370 e. The highest BCUT2D eigenvalue weighted by Crippen LogP contribution is 2.16. The molecule has 1 rings (SSSR count). The van der Waals surface area contributed by atoms with Crippen LogP contribution in [-0.2, 0) is 4.79 Å². The van der Waals surface area contributed by atoms with Crippen LogP contribution >= 0.6 is 11.8 Å². The van der Waals surface area contributed by atoms with Gasteiger partial charge in [0, 0.05) is 12.6 Å². The summed E-state index contributed by atoms with van der Waals surface area (Å²) >= 11 is 1.45. The van der Waals surface area contributed by atoms with E-state index in [0.717, 1.165) is 18.8 Å². The van der Waals surface area contributed by atoms with Crippen LogP contribution in [-0.4, -0.2) is 35.2 Å². The molecule has 0 spiro atoms. The first kappa shape index (κ1) is 13.6. The maximum absolute atomic E-state index is 10.7. The van der Waals surface area contributed by atoms with Crippen LogP contribution in [0.4, 0.5) is 11.6 Å². The summed E-state index contributed by atoms with van der Waals surface area (Å²) in [7, 11) is 0. The number of amides is 1. The van der Waals surface area contributed by atoms with Gasteiger partial charge in [-0.05, 0) is 12.7 Å². The molecule has 0 aliphatic heterocycles. The summed E-state index contributed by atoms with van der Waals surface area (Å²) in [6.07, 6.45) is 2.92. The predicted octanol–water partition coefficient (Wildman–Crippen LogP) is 0.918. The van der Waals surface area contributed by atoms with Crippen LogP contribution in [0.1, 0.15) is 13.3 Å². The minimum Gasteiger partial charge on any atom is -0.370 e. The summed E-state index contributed by atoms with van der Waals surface area (Å²) in [5.41, 5.74) is 5.06. The number of rotatable bonds is 7. The van der Waals surface area contributed by atoms with E-state index in [-0.39, 0.29) is 6.54 Å². The van der Waals surface area contributed by atoms with Crippen LogP contribution in [0.2, 0.25) is 0 Å². The lowest BCUT2D eigenvalue weighted by Crippen LogP contribution is -2.22. The molecule has 0 bridgehead atoms. The Labute approximate surface area is 105 Å². The Morgan fingerprint density at radius 2 is 2.06 bits per heavy atom. The van der Waals surface area contributed by atoms with Gasteiger partial charge in [-0.3, -0.25) is 4.79 Å². The number of carbonyl (C=O) groups is 1. The Balaban J connectivity index is 2.77. The van der Waals surface area contributed by atoms with Crippen molar-refractivity contribution in [2.24, 2.45) is 5.73 Å². The van der Waals surface area contributed by atoms with Gasteiger partial charge in [-0.15, -0.1) is 0 Å².